The van der Waals surface area contributed by atoms with Crippen LogP contribution < -0.4 is 0 Å². The molecule has 2 aliphatic carbocycles. The minimum atomic E-state index is 0.698. The third-order valence-electron chi connectivity index (χ3n) is 4.34. The van der Waals surface area contributed by atoms with Crippen LogP contribution >= 0.6 is 15.9 Å². The summed E-state index contributed by atoms with van der Waals surface area (Å²) in [6.07, 6.45) is 12.1. The monoisotopic (exact) mass is 296 g/mol. The van der Waals surface area contributed by atoms with E-state index in [0.717, 1.165) is 5.33 Å². The lowest BCUT2D eigenvalue weighted by molar-refractivity contribution is 0.319. The lowest BCUT2D eigenvalue weighted by Gasteiger charge is -2.25. The standard InChI is InChI=1S/C14H21BrN2/c15-10-13-12-8-4-5-9-14(12)17(16-13)11-6-2-1-3-7-11/h11H,1-10H2. The van der Waals surface area contributed by atoms with Crippen LogP contribution in [0.3, 0.4) is 0 Å². The second-order valence-corrected chi connectivity index (χ2v) is 6.01. The van der Waals surface area contributed by atoms with E-state index < -0.39 is 0 Å². The molecule has 0 N–H and O–H groups in total. The topological polar surface area (TPSA) is 17.8 Å². The average Bonchev–Trinajstić information content (AvgIpc) is 2.78. The van der Waals surface area contributed by atoms with Gasteiger partial charge in [0, 0.05) is 11.0 Å². The largest absolute Gasteiger partial charge is 0.266 e. The van der Waals surface area contributed by atoms with Crippen LogP contribution in [0.5, 0.6) is 0 Å². The van der Waals surface area contributed by atoms with Crippen LogP contribution in [-0.4, -0.2) is 9.78 Å². The maximum absolute atomic E-state index is 4.90. The van der Waals surface area contributed by atoms with Gasteiger partial charge in [-0.3, -0.25) is 4.68 Å². The highest BCUT2D eigenvalue weighted by molar-refractivity contribution is 9.08. The van der Waals surface area contributed by atoms with E-state index >= 15 is 0 Å². The SMILES string of the molecule is BrCc1nn(C2CCCCC2)c2c1CCCC2. The van der Waals surface area contributed by atoms with Gasteiger partial charge in [0.05, 0.1) is 11.7 Å². The third-order valence-corrected chi connectivity index (χ3v) is 4.87. The normalized spacial score (nSPS) is 21.5. The number of hydrogen-bond acceptors (Lipinski definition) is 1. The fourth-order valence-corrected chi connectivity index (χ4v) is 3.89. The van der Waals surface area contributed by atoms with Crippen LogP contribution in [-0.2, 0) is 18.2 Å². The van der Waals surface area contributed by atoms with Gasteiger partial charge in [-0.1, -0.05) is 35.2 Å². The van der Waals surface area contributed by atoms with Crippen LogP contribution in [0, 0.1) is 0 Å². The molecule has 1 aromatic heterocycles. The molecule has 0 spiro atoms. The number of rotatable bonds is 2. The van der Waals surface area contributed by atoms with Gasteiger partial charge in [-0.15, -0.1) is 0 Å². The van der Waals surface area contributed by atoms with Crippen molar-refractivity contribution in [3.63, 3.8) is 0 Å². The van der Waals surface area contributed by atoms with E-state index in [-0.39, 0.29) is 0 Å². The van der Waals surface area contributed by atoms with Gasteiger partial charge in [0.1, 0.15) is 0 Å². The quantitative estimate of drug-likeness (QED) is 0.749. The average molecular weight is 297 g/mol. The Labute approximate surface area is 112 Å². The maximum Gasteiger partial charge on any atom is 0.0764 e. The fourth-order valence-electron chi connectivity index (χ4n) is 3.44. The minimum absolute atomic E-state index is 0.698. The Bertz CT molecular complexity index is 391. The zero-order valence-corrected chi connectivity index (χ0v) is 12.0. The van der Waals surface area contributed by atoms with E-state index in [1.165, 1.54) is 63.5 Å². The fraction of sp³-hybridized carbons (Fsp3) is 0.786. The molecular formula is C14H21BrN2. The Hall–Kier alpha value is -0.310. The second-order valence-electron chi connectivity index (χ2n) is 5.45. The number of alkyl halides is 1. The second kappa shape index (κ2) is 5.13. The summed E-state index contributed by atoms with van der Waals surface area (Å²) >= 11 is 3.60. The molecule has 94 valence electrons. The van der Waals surface area contributed by atoms with Crippen molar-refractivity contribution in [1.82, 2.24) is 9.78 Å². The number of fused-ring (bicyclic) bond motifs is 1. The molecule has 0 aliphatic heterocycles. The van der Waals surface area contributed by atoms with Crippen molar-refractivity contribution < 1.29 is 0 Å². The van der Waals surface area contributed by atoms with Crippen molar-refractivity contribution in [2.24, 2.45) is 0 Å². The molecule has 0 radical (unpaired) electrons. The summed E-state index contributed by atoms with van der Waals surface area (Å²) in [4.78, 5) is 0. The maximum atomic E-state index is 4.90. The molecule has 0 amide bonds. The van der Waals surface area contributed by atoms with Crippen LogP contribution in [0.1, 0.15) is 67.9 Å². The Morgan fingerprint density at radius 2 is 1.82 bits per heavy atom. The van der Waals surface area contributed by atoms with Crippen molar-refractivity contribution in [3.8, 4) is 0 Å². The molecule has 3 rings (SSSR count). The van der Waals surface area contributed by atoms with Crippen LogP contribution in [0.4, 0.5) is 0 Å². The molecule has 2 nitrogen and oxygen atoms in total. The molecular weight excluding hydrogens is 276 g/mol. The van der Waals surface area contributed by atoms with E-state index in [4.69, 9.17) is 5.10 Å². The molecule has 2 aliphatic rings. The number of hydrogen-bond donors (Lipinski definition) is 0. The first-order valence-corrected chi connectivity index (χ1v) is 8.17. The Morgan fingerprint density at radius 3 is 2.59 bits per heavy atom. The van der Waals surface area contributed by atoms with Gasteiger partial charge in [-0.05, 0) is 44.1 Å². The van der Waals surface area contributed by atoms with Crippen molar-refractivity contribution >= 4 is 15.9 Å². The van der Waals surface area contributed by atoms with E-state index in [9.17, 15) is 0 Å². The van der Waals surface area contributed by atoms with Crippen molar-refractivity contribution in [2.75, 3.05) is 0 Å². The van der Waals surface area contributed by atoms with Crippen LogP contribution in [0.15, 0.2) is 0 Å². The third kappa shape index (κ3) is 2.18. The summed E-state index contributed by atoms with van der Waals surface area (Å²) in [7, 11) is 0. The molecule has 1 fully saturated rings. The van der Waals surface area contributed by atoms with Crippen molar-refractivity contribution in [2.45, 2.75) is 69.2 Å². The van der Waals surface area contributed by atoms with E-state index in [1.54, 1.807) is 11.3 Å². The summed E-state index contributed by atoms with van der Waals surface area (Å²) in [5.74, 6) is 0. The van der Waals surface area contributed by atoms with E-state index in [1.807, 2.05) is 0 Å². The first kappa shape index (κ1) is 11.8. The first-order chi connectivity index (χ1) is 8.40. The van der Waals surface area contributed by atoms with E-state index in [0.29, 0.717) is 6.04 Å². The van der Waals surface area contributed by atoms with Crippen LogP contribution in [0.25, 0.3) is 0 Å². The molecule has 0 saturated heterocycles. The summed E-state index contributed by atoms with van der Waals surface area (Å²) in [5, 5.41) is 5.83. The molecule has 0 unspecified atom stereocenters. The molecule has 0 aromatic carbocycles. The predicted octanol–water partition coefficient (Wildman–Crippen LogP) is 4.16. The molecule has 1 saturated carbocycles. The van der Waals surface area contributed by atoms with Crippen molar-refractivity contribution in [1.29, 1.82) is 0 Å². The minimum Gasteiger partial charge on any atom is -0.266 e. The molecule has 0 bridgehead atoms. The highest BCUT2D eigenvalue weighted by Crippen LogP contribution is 2.33. The predicted molar refractivity (Wildman–Crippen MR) is 73.6 cm³/mol. The Kier molecular flexibility index (Phi) is 3.55. The van der Waals surface area contributed by atoms with Gasteiger partial charge in [-0.2, -0.15) is 5.10 Å². The van der Waals surface area contributed by atoms with Gasteiger partial charge in [0.25, 0.3) is 0 Å². The molecule has 0 atom stereocenters. The molecule has 17 heavy (non-hydrogen) atoms. The summed E-state index contributed by atoms with van der Waals surface area (Å²) < 4.78 is 2.41. The van der Waals surface area contributed by atoms with Gasteiger partial charge >= 0.3 is 0 Å². The zero-order chi connectivity index (χ0) is 11.7. The number of nitrogens with zero attached hydrogens (tertiary/aromatic N) is 2. The van der Waals surface area contributed by atoms with Gasteiger partial charge in [-0.25, -0.2) is 0 Å². The first-order valence-electron chi connectivity index (χ1n) is 7.05. The Morgan fingerprint density at radius 1 is 1.06 bits per heavy atom. The lowest BCUT2D eigenvalue weighted by atomic mass is 9.93. The highest BCUT2D eigenvalue weighted by atomic mass is 79.9. The molecule has 1 aromatic rings. The number of halogens is 1. The summed E-state index contributed by atoms with van der Waals surface area (Å²) in [6, 6.07) is 0.698. The highest BCUT2D eigenvalue weighted by Gasteiger charge is 2.25. The Balaban J connectivity index is 1.95. The van der Waals surface area contributed by atoms with Crippen LogP contribution in [0.2, 0.25) is 0 Å². The van der Waals surface area contributed by atoms with Crippen molar-refractivity contribution in [3.05, 3.63) is 17.0 Å². The molecule has 1 heterocycles. The van der Waals surface area contributed by atoms with Gasteiger partial charge < -0.3 is 0 Å². The summed E-state index contributed by atoms with van der Waals surface area (Å²) in [5.41, 5.74) is 4.45. The van der Waals surface area contributed by atoms with E-state index in [2.05, 4.69) is 20.6 Å². The summed E-state index contributed by atoms with van der Waals surface area (Å²) in [6.45, 7) is 0. The zero-order valence-electron chi connectivity index (χ0n) is 10.4. The van der Waals surface area contributed by atoms with Gasteiger partial charge in [0.15, 0.2) is 0 Å². The van der Waals surface area contributed by atoms with Gasteiger partial charge in [0.2, 0.25) is 0 Å². The molecule has 3 heteroatoms. The smallest absolute Gasteiger partial charge is 0.0764 e. The number of aromatic nitrogens is 2. The lowest BCUT2D eigenvalue weighted by Crippen LogP contribution is -2.18.